The predicted octanol–water partition coefficient (Wildman–Crippen LogP) is 3.52. The maximum Gasteiger partial charge on any atom is 0.338 e. The minimum atomic E-state index is -0.687. The highest BCUT2D eigenvalue weighted by atomic mass is 32.1. The van der Waals surface area contributed by atoms with Crippen molar-refractivity contribution in [2.24, 2.45) is 4.99 Å². The summed E-state index contributed by atoms with van der Waals surface area (Å²) < 4.78 is 7.00. The van der Waals surface area contributed by atoms with Gasteiger partial charge in [-0.2, -0.15) is 0 Å². The number of carbonyl (C=O) groups is 1. The van der Waals surface area contributed by atoms with Crippen LogP contribution in [0.25, 0.3) is 6.08 Å². The summed E-state index contributed by atoms with van der Waals surface area (Å²) in [6.07, 6.45) is 3.91. The Morgan fingerprint density at radius 3 is 2.56 bits per heavy atom. The molecule has 2 aliphatic rings. The van der Waals surface area contributed by atoms with E-state index in [-0.39, 0.29) is 22.1 Å². The molecule has 0 aliphatic carbocycles. The van der Waals surface area contributed by atoms with E-state index in [0.717, 1.165) is 37.1 Å². The molecule has 3 aromatic rings. The quantitative estimate of drug-likeness (QED) is 0.266. The molecule has 0 unspecified atom stereocenters. The van der Waals surface area contributed by atoms with Crippen molar-refractivity contribution in [3.05, 3.63) is 106 Å². The van der Waals surface area contributed by atoms with Gasteiger partial charge in [0.15, 0.2) is 4.80 Å². The van der Waals surface area contributed by atoms with Gasteiger partial charge in [0.25, 0.3) is 11.2 Å². The third-order valence-electron chi connectivity index (χ3n) is 7.47. The third-order valence-corrected chi connectivity index (χ3v) is 8.46. The first kappa shape index (κ1) is 26.7. The van der Waals surface area contributed by atoms with E-state index in [0.29, 0.717) is 32.6 Å². The molecule has 10 heteroatoms. The van der Waals surface area contributed by atoms with Crippen molar-refractivity contribution in [3.8, 4) is 0 Å². The molecule has 1 atom stereocenters. The van der Waals surface area contributed by atoms with Crippen LogP contribution in [-0.4, -0.2) is 47.6 Å². The fourth-order valence-corrected chi connectivity index (χ4v) is 6.46. The normalized spacial score (nSPS) is 18.5. The summed E-state index contributed by atoms with van der Waals surface area (Å²) in [7, 11) is 3.38. The molecule has 0 saturated carbocycles. The van der Waals surface area contributed by atoms with Gasteiger partial charge in [0, 0.05) is 11.6 Å². The number of nitrogens with zero attached hydrogens (tertiary/aromatic N) is 4. The summed E-state index contributed by atoms with van der Waals surface area (Å²) >= 11 is 1.21. The minimum absolute atomic E-state index is 0.0782. The second kappa shape index (κ2) is 11.1. The lowest BCUT2D eigenvalue weighted by Crippen LogP contribution is -2.40. The first-order chi connectivity index (χ1) is 18.8. The topological polar surface area (TPSA) is 107 Å². The summed E-state index contributed by atoms with van der Waals surface area (Å²) in [5.74, 6) is -0.394. The highest BCUT2D eigenvalue weighted by molar-refractivity contribution is 7.07. The molecule has 9 nitrogen and oxygen atoms in total. The molecule has 39 heavy (non-hydrogen) atoms. The molecular weight excluding hydrogens is 516 g/mol. The van der Waals surface area contributed by atoms with Crippen LogP contribution in [0.2, 0.25) is 0 Å². The Hall–Kier alpha value is -3.89. The van der Waals surface area contributed by atoms with E-state index < -0.39 is 12.0 Å². The number of nitro groups is 1. The average molecular weight is 547 g/mol. The largest absolute Gasteiger partial charge is 0.466 e. The average Bonchev–Trinajstić information content (AvgIpc) is 3.26. The number of thiazole rings is 1. The number of carbonyl (C=O) groups excluding carboxylic acids is 1. The van der Waals surface area contributed by atoms with Crippen LogP contribution in [0.5, 0.6) is 0 Å². The van der Waals surface area contributed by atoms with Crippen LogP contribution in [-0.2, 0) is 9.53 Å². The zero-order valence-corrected chi connectivity index (χ0v) is 22.9. The van der Waals surface area contributed by atoms with Gasteiger partial charge in [-0.15, -0.1) is 0 Å². The molecule has 3 heterocycles. The molecule has 2 aromatic carbocycles. The zero-order valence-electron chi connectivity index (χ0n) is 22.1. The maximum absolute atomic E-state index is 13.8. The standard InChI is InChI=1S/C29H30N4O5S/c1-4-22-25(28(35)38-3)26(20-8-6-5-7-9-20)32-27(34)24(39-29(32)30-22)17-18-10-11-21(23(16-18)33(36)37)19-12-14-31(2)15-13-19/h5-11,16-17,19,26H,4,12-15H2,1-3H3/b24-17-/t26-/m1/s1. The first-order valence-corrected chi connectivity index (χ1v) is 13.8. The summed E-state index contributed by atoms with van der Waals surface area (Å²) in [6.45, 7) is 3.71. The Morgan fingerprint density at radius 2 is 1.92 bits per heavy atom. The number of hydrogen-bond acceptors (Lipinski definition) is 8. The Balaban J connectivity index is 1.63. The number of esters is 1. The van der Waals surface area contributed by atoms with Crippen LogP contribution in [0.1, 0.15) is 54.8 Å². The van der Waals surface area contributed by atoms with Crippen molar-refractivity contribution in [2.45, 2.75) is 38.1 Å². The summed E-state index contributed by atoms with van der Waals surface area (Å²) in [5.41, 5.74) is 2.75. The van der Waals surface area contributed by atoms with E-state index in [9.17, 15) is 19.7 Å². The van der Waals surface area contributed by atoms with Gasteiger partial charge in [0.2, 0.25) is 0 Å². The zero-order chi connectivity index (χ0) is 27.7. The lowest BCUT2D eigenvalue weighted by molar-refractivity contribution is -0.385. The van der Waals surface area contributed by atoms with Gasteiger partial charge in [0.1, 0.15) is 0 Å². The van der Waals surface area contributed by atoms with E-state index in [1.54, 1.807) is 12.1 Å². The van der Waals surface area contributed by atoms with E-state index in [1.165, 1.54) is 23.0 Å². The predicted molar refractivity (Wildman–Crippen MR) is 149 cm³/mol. The smallest absolute Gasteiger partial charge is 0.338 e. The Bertz CT molecular complexity index is 1630. The first-order valence-electron chi connectivity index (χ1n) is 13.0. The highest BCUT2D eigenvalue weighted by Crippen LogP contribution is 2.35. The van der Waals surface area contributed by atoms with E-state index >= 15 is 0 Å². The fourth-order valence-electron chi connectivity index (χ4n) is 5.44. The number of rotatable bonds is 6. The molecule has 0 radical (unpaired) electrons. The summed E-state index contributed by atoms with van der Waals surface area (Å²) in [5, 5.41) is 12.0. The van der Waals surface area contributed by atoms with Gasteiger partial charge in [-0.3, -0.25) is 19.5 Å². The number of methoxy groups -OCH3 is 1. The lowest BCUT2D eigenvalue weighted by Gasteiger charge is -2.29. The molecule has 5 rings (SSSR count). The number of benzene rings is 2. The molecule has 1 saturated heterocycles. The summed E-state index contributed by atoms with van der Waals surface area (Å²) in [6, 6.07) is 13.9. The number of ether oxygens (including phenoxy) is 1. The van der Waals surface area contributed by atoms with Gasteiger partial charge in [-0.05, 0) is 62.5 Å². The number of aromatic nitrogens is 1. The maximum atomic E-state index is 13.8. The molecular formula is C29H30N4O5S. The van der Waals surface area contributed by atoms with Crippen molar-refractivity contribution in [2.75, 3.05) is 27.2 Å². The minimum Gasteiger partial charge on any atom is -0.466 e. The van der Waals surface area contributed by atoms with Crippen LogP contribution >= 0.6 is 11.3 Å². The van der Waals surface area contributed by atoms with Crippen molar-refractivity contribution < 1.29 is 14.5 Å². The number of likely N-dealkylation sites (tertiary alicyclic amines) is 1. The SMILES string of the molecule is CCC1=C(C(=O)OC)[C@@H](c2ccccc2)n2c(s/c(=C\c3ccc(C4CCN(C)CC4)c([N+](=O)[O-])c3)c2=O)=N1. The van der Waals surface area contributed by atoms with Crippen molar-refractivity contribution >= 4 is 29.1 Å². The van der Waals surface area contributed by atoms with Crippen LogP contribution in [0.15, 0.2) is 69.6 Å². The molecule has 1 fully saturated rings. The lowest BCUT2D eigenvalue weighted by atomic mass is 9.88. The van der Waals surface area contributed by atoms with Gasteiger partial charge in [-0.1, -0.05) is 60.7 Å². The number of allylic oxidation sites excluding steroid dienone is 1. The molecule has 0 N–H and O–H groups in total. The van der Waals surface area contributed by atoms with Crippen molar-refractivity contribution in [3.63, 3.8) is 0 Å². The summed E-state index contributed by atoms with van der Waals surface area (Å²) in [4.78, 5) is 45.7. The molecule has 0 amide bonds. The second-order valence-electron chi connectivity index (χ2n) is 9.85. The van der Waals surface area contributed by atoms with Crippen LogP contribution in [0.3, 0.4) is 0 Å². The molecule has 202 valence electrons. The number of piperidine rings is 1. The fraction of sp³-hybridized carbons (Fsp3) is 0.345. The molecule has 1 aromatic heterocycles. The van der Waals surface area contributed by atoms with Crippen LogP contribution < -0.4 is 14.9 Å². The van der Waals surface area contributed by atoms with Crippen LogP contribution in [0, 0.1) is 10.1 Å². The Kier molecular flexibility index (Phi) is 7.58. The highest BCUT2D eigenvalue weighted by Gasteiger charge is 2.33. The molecule has 0 bridgehead atoms. The van der Waals surface area contributed by atoms with Gasteiger partial charge in [0.05, 0.1) is 33.9 Å². The number of hydrogen-bond donors (Lipinski definition) is 0. The Labute approximate surface area is 229 Å². The third kappa shape index (κ3) is 5.09. The van der Waals surface area contributed by atoms with Crippen LogP contribution in [0.4, 0.5) is 5.69 Å². The van der Waals surface area contributed by atoms with Gasteiger partial charge in [-0.25, -0.2) is 9.79 Å². The molecule has 2 aliphatic heterocycles. The number of fused-ring (bicyclic) bond motifs is 1. The van der Waals surface area contributed by atoms with E-state index in [2.05, 4.69) is 16.9 Å². The van der Waals surface area contributed by atoms with Gasteiger partial charge >= 0.3 is 5.97 Å². The van der Waals surface area contributed by atoms with Crippen molar-refractivity contribution in [1.82, 2.24) is 9.47 Å². The van der Waals surface area contributed by atoms with E-state index in [4.69, 9.17) is 4.74 Å². The molecule has 0 spiro atoms. The second-order valence-corrected chi connectivity index (χ2v) is 10.9. The number of nitro benzene ring substituents is 1. The van der Waals surface area contributed by atoms with Crippen molar-refractivity contribution in [1.29, 1.82) is 0 Å². The Morgan fingerprint density at radius 1 is 1.21 bits per heavy atom. The monoisotopic (exact) mass is 546 g/mol. The van der Waals surface area contributed by atoms with E-state index in [1.807, 2.05) is 49.4 Å². The van der Waals surface area contributed by atoms with Gasteiger partial charge < -0.3 is 9.64 Å².